The molecule has 1 atom stereocenters. The van der Waals surface area contributed by atoms with Gasteiger partial charge in [0.15, 0.2) is 5.75 Å². The van der Waals surface area contributed by atoms with E-state index in [9.17, 15) is 14.5 Å². The van der Waals surface area contributed by atoms with E-state index in [0.29, 0.717) is 18.7 Å². The van der Waals surface area contributed by atoms with Gasteiger partial charge in [0.1, 0.15) is 0 Å². The summed E-state index contributed by atoms with van der Waals surface area (Å²) in [6, 6.07) is 8.93. The van der Waals surface area contributed by atoms with Crippen LogP contribution < -0.4 is 5.43 Å². The molecule has 2 rings (SSSR count). The molecule has 0 saturated heterocycles. The first-order chi connectivity index (χ1) is 10.8. The summed E-state index contributed by atoms with van der Waals surface area (Å²) < 4.78 is 23.3. The summed E-state index contributed by atoms with van der Waals surface area (Å²) in [7, 11) is -1.59. The van der Waals surface area contributed by atoms with Crippen LogP contribution in [0.2, 0.25) is 0 Å². The average Bonchev–Trinajstić information content (AvgIpc) is 2.54. The molecule has 7 heteroatoms. The Bertz CT molecular complexity index is 782. The fourth-order valence-corrected chi connectivity index (χ4v) is 2.64. The number of nitrogens with zero attached hydrogens (tertiary/aromatic N) is 1. The van der Waals surface area contributed by atoms with Crippen molar-refractivity contribution in [2.75, 3.05) is 20.4 Å². The minimum atomic E-state index is -2.95. The van der Waals surface area contributed by atoms with Gasteiger partial charge in [-0.2, -0.15) is 0 Å². The van der Waals surface area contributed by atoms with Gasteiger partial charge in [0.05, 0.1) is 12.3 Å². The summed E-state index contributed by atoms with van der Waals surface area (Å²) in [5.41, 5.74) is 1.95. The molecule has 1 N–H and O–H groups in total. The third-order valence-corrected chi connectivity index (χ3v) is 4.89. The zero-order valence-electron chi connectivity index (χ0n) is 13.4. The van der Waals surface area contributed by atoms with Crippen molar-refractivity contribution in [3.8, 4) is 11.4 Å². The second kappa shape index (κ2) is 7.13. The van der Waals surface area contributed by atoms with E-state index in [1.54, 1.807) is 17.7 Å². The van der Waals surface area contributed by atoms with Crippen LogP contribution in [0.1, 0.15) is 11.3 Å². The molecule has 0 aliphatic rings. The Balaban J connectivity index is 2.10. The van der Waals surface area contributed by atoms with Gasteiger partial charge >= 0.3 is 7.60 Å². The number of hydrogen-bond acceptors (Lipinski definition) is 5. The maximum atomic E-state index is 11.6. The number of pyridine rings is 1. The molecule has 0 amide bonds. The quantitative estimate of drug-likeness (QED) is 0.820. The summed E-state index contributed by atoms with van der Waals surface area (Å²) in [6.07, 6.45) is 2.23. The third kappa shape index (κ3) is 4.32. The predicted octanol–water partition coefficient (Wildman–Crippen LogP) is 2.88. The van der Waals surface area contributed by atoms with Crippen LogP contribution in [0.4, 0.5) is 0 Å². The SMILES string of the molecule is COP(C)(=O)OCCc1ccc(-n2ccc(=O)c(O)c2C)cc1. The molecule has 6 nitrogen and oxygen atoms in total. The van der Waals surface area contributed by atoms with Crippen LogP contribution in [-0.4, -0.2) is 30.1 Å². The van der Waals surface area contributed by atoms with E-state index >= 15 is 0 Å². The van der Waals surface area contributed by atoms with E-state index in [1.807, 2.05) is 24.3 Å². The second-order valence-corrected chi connectivity index (χ2v) is 7.35. The summed E-state index contributed by atoms with van der Waals surface area (Å²) in [6.45, 7) is 3.42. The zero-order chi connectivity index (χ0) is 17.0. The third-order valence-electron chi connectivity index (χ3n) is 3.58. The van der Waals surface area contributed by atoms with Crippen molar-refractivity contribution in [1.82, 2.24) is 4.57 Å². The Hall–Kier alpha value is -1.88. The maximum absolute atomic E-state index is 11.6. The topological polar surface area (TPSA) is 77.8 Å². The molecule has 2 aromatic rings. The van der Waals surface area contributed by atoms with Crippen molar-refractivity contribution in [2.45, 2.75) is 13.3 Å². The van der Waals surface area contributed by atoms with E-state index < -0.39 is 13.0 Å². The lowest BCUT2D eigenvalue weighted by Crippen LogP contribution is -2.08. The second-order valence-electron chi connectivity index (χ2n) is 5.19. The van der Waals surface area contributed by atoms with Gasteiger partial charge in [-0.05, 0) is 31.0 Å². The van der Waals surface area contributed by atoms with Crippen molar-refractivity contribution < 1.29 is 18.7 Å². The summed E-state index contributed by atoms with van der Waals surface area (Å²) in [5.74, 6) is -0.247. The van der Waals surface area contributed by atoms with Gasteiger partial charge in [0.2, 0.25) is 5.43 Å². The molecule has 0 saturated carbocycles. The highest BCUT2D eigenvalue weighted by Crippen LogP contribution is 2.42. The lowest BCUT2D eigenvalue weighted by molar-refractivity contribution is 0.241. The van der Waals surface area contributed by atoms with Gasteiger partial charge in [-0.1, -0.05) is 12.1 Å². The predicted molar refractivity (Wildman–Crippen MR) is 88.6 cm³/mol. The molecule has 0 aliphatic heterocycles. The summed E-state index contributed by atoms with van der Waals surface area (Å²) >= 11 is 0. The maximum Gasteiger partial charge on any atom is 0.327 e. The lowest BCUT2D eigenvalue weighted by atomic mass is 10.1. The molecule has 1 aromatic heterocycles. The van der Waals surface area contributed by atoms with Gasteiger partial charge in [-0.15, -0.1) is 0 Å². The number of hydrogen-bond donors (Lipinski definition) is 1. The highest BCUT2D eigenvalue weighted by Gasteiger charge is 2.13. The van der Waals surface area contributed by atoms with Crippen molar-refractivity contribution in [3.05, 3.63) is 58.0 Å². The van der Waals surface area contributed by atoms with E-state index in [4.69, 9.17) is 9.05 Å². The fraction of sp³-hybridized carbons (Fsp3) is 0.312. The zero-order valence-corrected chi connectivity index (χ0v) is 14.2. The molecule has 0 bridgehead atoms. The Morgan fingerprint density at radius 3 is 2.48 bits per heavy atom. The monoisotopic (exact) mass is 337 g/mol. The van der Waals surface area contributed by atoms with E-state index in [0.717, 1.165) is 11.3 Å². The lowest BCUT2D eigenvalue weighted by Gasteiger charge is -2.13. The Labute approximate surface area is 134 Å². The van der Waals surface area contributed by atoms with Crippen LogP contribution in [0.5, 0.6) is 5.75 Å². The molecule has 0 aliphatic carbocycles. The van der Waals surface area contributed by atoms with E-state index in [1.165, 1.54) is 19.8 Å². The van der Waals surface area contributed by atoms with Crippen LogP contribution in [0.3, 0.4) is 0 Å². The highest BCUT2D eigenvalue weighted by molar-refractivity contribution is 7.52. The van der Waals surface area contributed by atoms with E-state index in [-0.39, 0.29) is 5.75 Å². The molecule has 1 unspecified atom stereocenters. The van der Waals surface area contributed by atoms with Crippen molar-refractivity contribution in [3.63, 3.8) is 0 Å². The van der Waals surface area contributed by atoms with Crippen molar-refractivity contribution >= 4 is 7.60 Å². The summed E-state index contributed by atoms with van der Waals surface area (Å²) in [4.78, 5) is 11.4. The molecular formula is C16H20NO5P. The van der Waals surface area contributed by atoms with E-state index in [2.05, 4.69) is 0 Å². The van der Waals surface area contributed by atoms with Crippen LogP contribution in [-0.2, 0) is 20.0 Å². The molecule has 1 heterocycles. The summed E-state index contributed by atoms with van der Waals surface area (Å²) in [5, 5.41) is 9.73. The van der Waals surface area contributed by atoms with Crippen molar-refractivity contribution in [1.29, 1.82) is 0 Å². The molecular weight excluding hydrogens is 317 g/mol. The van der Waals surface area contributed by atoms with Gasteiger partial charge in [-0.25, -0.2) is 0 Å². The fourth-order valence-electron chi connectivity index (χ4n) is 2.11. The van der Waals surface area contributed by atoms with Gasteiger partial charge in [0, 0.05) is 31.7 Å². The van der Waals surface area contributed by atoms with Crippen LogP contribution >= 0.6 is 7.60 Å². The van der Waals surface area contributed by atoms with Crippen molar-refractivity contribution in [2.24, 2.45) is 0 Å². The number of rotatable bonds is 6. The first-order valence-electron chi connectivity index (χ1n) is 7.12. The van der Waals surface area contributed by atoms with Crippen LogP contribution in [0.15, 0.2) is 41.3 Å². The molecule has 0 spiro atoms. The van der Waals surface area contributed by atoms with Gasteiger partial charge in [-0.3, -0.25) is 9.36 Å². The smallest absolute Gasteiger partial charge is 0.327 e. The Morgan fingerprint density at radius 1 is 1.22 bits per heavy atom. The molecule has 124 valence electrons. The van der Waals surface area contributed by atoms with Crippen LogP contribution in [0, 0.1) is 6.92 Å². The molecule has 23 heavy (non-hydrogen) atoms. The van der Waals surface area contributed by atoms with Gasteiger partial charge in [0.25, 0.3) is 0 Å². The molecule has 0 fully saturated rings. The number of aromatic nitrogens is 1. The number of aromatic hydroxyl groups is 1. The van der Waals surface area contributed by atoms with Gasteiger partial charge < -0.3 is 18.7 Å². The molecule has 0 radical (unpaired) electrons. The average molecular weight is 337 g/mol. The molecule has 1 aromatic carbocycles. The minimum absolute atomic E-state index is 0.247. The Kier molecular flexibility index (Phi) is 5.42. The van der Waals surface area contributed by atoms with Crippen LogP contribution in [0.25, 0.3) is 5.69 Å². The normalized spacial score (nSPS) is 13.7. The first kappa shape index (κ1) is 17.5. The minimum Gasteiger partial charge on any atom is -0.503 e. The highest BCUT2D eigenvalue weighted by atomic mass is 31.2. The Morgan fingerprint density at radius 2 is 1.87 bits per heavy atom. The number of benzene rings is 1. The standard InChI is InChI=1S/C16H20NO5P/c1-12-16(19)15(18)8-10-17(12)14-6-4-13(5-7-14)9-11-22-23(3,20)21-2/h4-8,10,19H,9,11H2,1-3H3. The largest absolute Gasteiger partial charge is 0.503 e. The first-order valence-corrected chi connectivity index (χ1v) is 9.11.